The van der Waals surface area contributed by atoms with Gasteiger partial charge in [0.05, 0.1) is 21.3 Å². The van der Waals surface area contributed by atoms with Crippen LogP contribution in [0.1, 0.15) is 12.0 Å². The summed E-state index contributed by atoms with van der Waals surface area (Å²) in [7, 11) is 4.74. The second-order valence-electron chi connectivity index (χ2n) is 8.15. The van der Waals surface area contributed by atoms with Gasteiger partial charge in [-0.1, -0.05) is 11.6 Å². The number of halogens is 1. The highest BCUT2D eigenvalue weighted by Crippen LogP contribution is 2.38. The van der Waals surface area contributed by atoms with Gasteiger partial charge in [0.1, 0.15) is 5.82 Å². The number of aryl methyl sites for hydroxylation is 1. The lowest BCUT2D eigenvalue weighted by atomic mass is 10.1. The van der Waals surface area contributed by atoms with Crippen molar-refractivity contribution in [1.82, 2.24) is 14.9 Å². The van der Waals surface area contributed by atoms with Crippen molar-refractivity contribution < 1.29 is 19.0 Å². The molecule has 1 saturated heterocycles. The number of hydrogen-bond donors (Lipinski definition) is 0. The largest absolute Gasteiger partial charge is 0.493 e. The number of rotatable bonds is 8. The molecular formula is C26H29ClN4O4. The van der Waals surface area contributed by atoms with Gasteiger partial charge in [-0.2, -0.15) is 0 Å². The van der Waals surface area contributed by atoms with Crippen LogP contribution < -0.4 is 19.1 Å². The van der Waals surface area contributed by atoms with Gasteiger partial charge in [0, 0.05) is 49.4 Å². The van der Waals surface area contributed by atoms with Crippen molar-refractivity contribution in [1.29, 1.82) is 0 Å². The number of carbonyl (C=O) groups is 1. The van der Waals surface area contributed by atoms with Gasteiger partial charge in [-0.25, -0.2) is 9.97 Å². The van der Waals surface area contributed by atoms with Gasteiger partial charge in [-0.05, 0) is 54.4 Å². The SMILES string of the molecule is COc1cc(CCC(=O)N2CCN(c3ccnc(-c4ccc(Cl)cc4)n3)CC2)cc(OC)c1OC. The summed E-state index contributed by atoms with van der Waals surface area (Å²) in [6, 6.07) is 13.2. The number of benzene rings is 2. The quantitative estimate of drug-likeness (QED) is 0.464. The molecule has 0 atom stereocenters. The van der Waals surface area contributed by atoms with Crippen LogP contribution in [-0.2, 0) is 11.2 Å². The minimum Gasteiger partial charge on any atom is -0.493 e. The van der Waals surface area contributed by atoms with Crippen LogP contribution in [0.4, 0.5) is 5.82 Å². The van der Waals surface area contributed by atoms with E-state index < -0.39 is 0 Å². The third-order valence-corrected chi connectivity index (χ3v) is 6.30. The first kappa shape index (κ1) is 24.6. The number of piperazine rings is 1. The van der Waals surface area contributed by atoms with Crippen LogP contribution in [0.5, 0.6) is 17.2 Å². The molecule has 1 fully saturated rings. The van der Waals surface area contributed by atoms with E-state index in [0.29, 0.717) is 67.1 Å². The first-order chi connectivity index (χ1) is 17.0. The number of anilines is 1. The van der Waals surface area contributed by atoms with Crippen LogP contribution in [0.3, 0.4) is 0 Å². The zero-order chi connectivity index (χ0) is 24.8. The Bertz CT molecular complexity index is 1140. The third-order valence-electron chi connectivity index (χ3n) is 6.05. The smallest absolute Gasteiger partial charge is 0.223 e. The van der Waals surface area contributed by atoms with Crippen molar-refractivity contribution in [2.75, 3.05) is 52.4 Å². The minimum absolute atomic E-state index is 0.128. The molecule has 8 nitrogen and oxygen atoms in total. The highest BCUT2D eigenvalue weighted by Gasteiger charge is 2.22. The van der Waals surface area contributed by atoms with Crippen molar-refractivity contribution in [2.45, 2.75) is 12.8 Å². The van der Waals surface area contributed by atoms with E-state index in [1.165, 1.54) is 0 Å². The monoisotopic (exact) mass is 496 g/mol. The van der Waals surface area contributed by atoms with E-state index in [9.17, 15) is 4.79 Å². The summed E-state index contributed by atoms with van der Waals surface area (Å²) in [5, 5.41) is 0.677. The fraction of sp³-hybridized carbons (Fsp3) is 0.346. The molecule has 2 heterocycles. The van der Waals surface area contributed by atoms with Crippen molar-refractivity contribution in [3.63, 3.8) is 0 Å². The number of carbonyl (C=O) groups excluding carboxylic acids is 1. The summed E-state index contributed by atoms with van der Waals surface area (Å²) in [5.41, 5.74) is 1.87. The van der Waals surface area contributed by atoms with E-state index >= 15 is 0 Å². The van der Waals surface area contributed by atoms with E-state index in [1.54, 1.807) is 27.5 Å². The van der Waals surface area contributed by atoms with Gasteiger partial charge in [0.2, 0.25) is 11.7 Å². The molecule has 9 heteroatoms. The van der Waals surface area contributed by atoms with Crippen LogP contribution in [0, 0.1) is 0 Å². The van der Waals surface area contributed by atoms with Crippen molar-refractivity contribution in [3.05, 3.63) is 59.2 Å². The molecule has 0 spiro atoms. The fourth-order valence-corrected chi connectivity index (χ4v) is 4.26. The second kappa shape index (κ2) is 11.3. The molecule has 0 saturated carbocycles. The Morgan fingerprint density at radius 1 is 0.943 bits per heavy atom. The maximum atomic E-state index is 12.9. The van der Waals surface area contributed by atoms with Crippen LogP contribution in [0.25, 0.3) is 11.4 Å². The molecule has 1 amide bonds. The minimum atomic E-state index is 0.128. The maximum absolute atomic E-state index is 12.9. The molecule has 35 heavy (non-hydrogen) atoms. The number of aromatic nitrogens is 2. The Morgan fingerprint density at radius 3 is 2.20 bits per heavy atom. The lowest BCUT2D eigenvalue weighted by Gasteiger charge is -2.35. The first-order valence-electron chi connectivity index (χ1n) is 11.4. The average molecular weight is 497 g/mol. The molecule has 1 aromatic heterocycles. The zero-order valence-corrected chi connectivity index (χ0v) is 20.9. The number of nitrogens with zero attached hydrogens (tertiary/aromatic N) is 4. The predicted molar refractivity (Wildman–Crippen MR) is 136 cm³/mol. The molecule has 4 rings (SSSR count). The molecular weight excluding hydrogens is 468 g/mol. The second-order valence-corrected chi connectivity index (χ2v) is 8.58. The van der Waals surface area contributed by atoms with Crippen molar-refractivity contribution in [3.8, 4) is 28.6 Å². The van der Waals surface area contributed by atoms with E-state index in [2.05, 4.69) is 9.88 Å². The highest BCUT2D eigenvalue weighted by molar-refractivity contribution is 6.30. The van der Waals surface area contributed by atoms with Gasteiger partial charge < -0.3 is 24.0 Å². The molecule has 0 aliphatic carbocycles. The van der Waals surface area contributed by atoms with Crippen molar-refractivity contribution in [2.24, 2.45) is 0 Å². The topological polar surface area (TPSA) is 77.0 Å². The Morgan fingerprint density at radius 2 is 1.60 bits per heavy atom. The predicted octanol–water partition coefficient (Wildman–Crippen LogP) is 4.10. The zero-order valence-electron chi connectivity index (χ0n) is 20.2. The highest BCUT2D eigenvalue weighted by atomic mass is 35.5. The molecule has 184 valence electrons. The normalized spacial score (nSPS) is 13.5. The fourth-order valence-electron chi connectivity index (χ4n) is 4.14. The third kappa shape index (κ3) is 5.77. The molecule has 0 radical (unpaired) electrons. The van der Waals surface area contributed by atoms with Crippen molar-refractivity contribution >= 4 is 23.3 Å². The number of amides is 1. The van der Waals surface area contributed by atoms with Gasteiger partial charge in [0.15, 0.2) is 17.3 Å². The molecule has 2 aromatic carbocycles. The summed E-state index contributed by atoms with van der Waals surface area (Å²) in [6.45, 7) is 2.72. The Labute approximate surface area is 210 Å². The van der Waals surface area contributed by atoms with E-state index in [0.717, 1.165) is 16.9 Å². The standard InChI is InChI=1S/C26H29ClN4O4/c1-33-21-16-18(17-22(34-2)25(21)35-3)4-9-24(32)31-14-12-30(13-15-31)23-10-11-28-26(29-23)19-5-7-20(27)8-6-19/h5-8,10-11,16-17H,4,9,12-15H2,1-3H3. The molecule has 1 aliphatic heterocycles. The van der Waals surface area contributed by atoms with Crippen LogP contribution in [0.2, 0.25) is 5.02 Å². The number of hydrogen-bond acceptors (Lipinski definition) is 7. The summed E-state index contributed by atoms with van der Waals surface area (Å²) in [6.07, 6.45) is 2.76. The lowest BCUT2D eigenvalue weighted by Crippen LogP contribution is -2.49. The van der Waals surface area contributed by atoms with E-state index in [4.69, 9.17) is 30.8 Å². The van der Waals surface area contributed by atoms with Crippen LogP contribution in [0.15, 0.2) is 48.7 Å². The summed E-state index contributed by atoms with van der Waals surface area (Å²) >= 11 is 5.99. The summed E-state index contributed by atoms with van der Waals surface area (Å²) < 4.78 is 16.2. The van der Waals surface area contributed by atoms with Crippen LogP contribution in [-0.4, -0.2) is 68.3 Å². The van der Waals surface area contributed by atoms with Gasteiger partial charge in [-0.15, -0.1) is 0 Å². The first-order valence-corrected chi connectivity index (χ1v) is 11.8. The molecule has 0 bridgehead atoms. The van der Waals surface area contributed by atoms with Gasteiger partial charge in [0.25, 0.3) is 0 Å². The molecule has 0 N–H and O–H groups in total. The molecule has 0 unspecified atom stereocenters. The Balaban J connectivity index is 1.34. The molecule has 1 aliphatic rings. The Hall–Kier alpha value is -3.52. The van der Waals surface area contributed by atoms with E-state index in [-0.39, 0.29) is 5.91 Å². The average Bonchev–Trinajstić information content (AvgIpc) is 2.91. The Kier molecular flexibility index (Phi) is 7.92. The van der Waals surface area contributed by atoms with Gasteiger partial charge >= 0.3 is 0 Å². The van der Waals surface area contributed by atoms with Gasteiger partial charge in [-0.3, -0.25) is 4.79 Å². The number of methoxy groups -OCH3 is 3. The summed E-state index contributed by atoms with van der Waals surface area (Å²) in [4.78, 5) is 26.1. The van der Waals surface area contributed by atoms with E-state index in [1.807, 2.05) is 47.4 Å². The summed E-state index contributed by atoms with van der Waals surface area (Å²) in [5.74, 6) is 3.36. The molecule has 3 aromatic rings. The maximum Gasteiger partial charge on any atom is 0.223 e. The van der Waals surface area contributed by atoms with Crippen LogP contribution >= 0.6 is 11.6 Å². The lowest BCUT2D eigenvalue weighted by molar-refractivity contribution is -0.131. The number of ether oxygens (including phenoxy) is 3.